The van der Waals surface area contributed by atoms with E-state index in [-0.39, 0.29) is 16.4 Å². The Kier molecular flexibility index (Phi) is 4.53. The highest BCUT2D eigenvalue weighted by molar-refractivity contribution is 7.90. The lowest BCUT2D eigenvalue weighted by Gasteiger charge is -2.11. The number of aromatic nitrogens is 3. The normalized spacial score (nSPS) is 13.3. The number of sulfone groups is 1. The maximum Gasteiger partial charge on any atom is 0.222 e. The summed E-state index contributed by atoms with van der Waals surface area (Å²) in [5, 5.41) is 4.58. The van der Waals surface area contributed by atoms with Gasteiger partial charge in [0.2, 0.25) is 5.88 Å². The van der Waals surface area contributed by atoms with Crippen molar-refractivity contribution >= 4 is 21.4 Å². The van der Waals surface area contributed by atoms with E-state index >= 15 is 0 Å². The van der Waals surface area contributed by atoms with Crippen LogP contribution in [0.5, 0.6) is 11.6 Å². The minimum atomic E-state index is -3.69. The van der Waals surface area contributed by atoms with E-state index in [1.54, 1.807) is 18.3 Å². The van der Waals surface area contributed by atoms with Gasteiger partial charge >= 0.3 is 0 Å². The highest BCUT2D eigenvalue weighted by Crippen LogP contribution is 2.33. The molecule has 0 bridgehead atoms. The largest absolute Gasteiger partial charge is 0.495 e. The Morgan fingerprint density at radius 1 is 1.30 bits per heavy atom. The van der Waals surface area contributed by atoms with Crippen LogP contribution in [0.25, 0.3) is 11.3 Å². The van der Waals surface area contributed by atoms with Crippen LogP contribution in [-0.4, -0.2) is 36.9 Å². The molecule has 1 aliphatic rings. The van der Waals surface area contributed by atoms with Crippen LogP contribution < -0.4 is 9.47 Å². The number of nitrogens with zero attached hydrogens (tertiary/aromatic N) is 3. The first-order valence-electron chi connectivity index (χ1n) is 8.18. The van der Waals surface area contributed by atoms with Crippen molar-refractivity contribution in [2.24, 2.45) is 0 Å². The number of rotatable bonds is 4. The molecule has 27 heavy (non-hydrogen) atoms. The number of methoxy groups -OCH3 is 1. The third-order valence-electron chi connectivity index (χ3n) is 4.26. The maximum atomic E-state index is 12.9. The second-order valence-corrected chi connectivity index (χ2v) is 8.43. The molecule has 140 valence electrons. The van der Waals surface area contributed by atoms with Crippen LogP contribution in [0.15, 0.2) is 47.6 Å². The summed E-state index contributed by atoms with van der Waals surface area (Å²) < 4.78 is 38.5. The van der Waals surface area contributed by atoms with Crippen molar-refractivity contribution in [2.45, 2.75) is 17.2 Å². The van der Waals surface area contributed by atoms with Crippen molar-refractivity contribution in [1.29, 1.82) is 0 Å². The zero-order chi connectivity index (χ0) is 19.0. The monoisotopic (exact) mass is 405 g/mol. The molecular weight excluding hydrogens is 390 g/mol. The molecule has 9 heteroatoms. The van der Waals surface area contributed by atoms with E-state index in [2.05, 4.69) is 10.1 Å². The lowest BCUT2D eigenvalue weighted by molar-refractivity contribution is 0.290. The molecule has 0 amide bonds. The fourth-order valence-corrected chi connectivity index (χ4v) is 4.79. The Morgan fingerprint density at radius 3 is 2.96 bits per heavy atom. The third kappa shape index (κ3) is 3.38. The molecule has 0 unspecified atom stereocenters. The lowest BCUT2D eigenvalue weighted by atomic mass is 10.1. The first kappa shape index (κ1) is 17.8. The molecule has 3 aromatic rings. The highest BCUT2D eigenvalue weighted by Gasteiger charge is 2.23. The second kappa shape index (κ2) is 6.86. The molecule has 1 aliphatic heterocycles. The van der Waals surface area contributed by atoms with Crippen LogP contribution in [0, 0.1) is 0 Å². The summed E-state index contributed by atoms with van der Waals surface area (Å²) in [4.78, 5) is 4.36. The Labute approximate surface area is 161 Å². The molecular formula is C18H16ClN3O4S. The zero-order valence-corrected chi connectivity index (χ0v) is 16.0. The molecule has 4 rings (SSSR count). The first-order chi connectivity index (χ1) is 13.0. The van der Waals surface area contributed by atoms with Crippen LogP contribution in [0.2, 0.25) is 5.02 Å². The molecule has 3 heterocycles. The average molecular weight is 406 g/mol. The van der Waals surface area contributed by atoms with Crippen molar-refractivity contribution in [1.82, 2.24) is 14.8 Å². The first-order valence-corrected chi connectivity index (χ1v) is 10.2. The van der Waals surface area contributed by atoms with Gasteiger partial charge in [0.1, 0.15) is 17.3 Å². The molecule has 7 nitrogen and oxygen atoms in total. The van der Waals surface area contributed by atoms with Gasteiger partial charge in [-0.3, -0.25) is 4.68 Å². The number of halogens is 1. The number of pyridine rings is 1. The summed E-state index contributed by atoms with van der Waals surface area (Å²) in [5.41, 5.74) is 2.10. The summed E-state index contributed by atoms with van der Waals surface area (Å²) in [5.74, 6) is 0.484. The van der Waals surface area contributed by atoms with Crippen molar-refractivity contribution in [3.05, 3.63) is 53.3 Å². The Balaban J connectivity index is 1.74. The SMILES string of the molecule is COc1ccc(Cl)cc1S(=O)(=O)Cc1cnc2c(c1)-c1ccnn1CCO2. The van der Waals surface area contributed by atoms with Crippen LogP contribution in [0.1, 0.15) is 5.56 Å². The molecule has 0 saturated heterocycles. The van der Waals surface area contributed by atoms with E-state index in [4.69, 9.17) is 21.1 Å². The van der Waals surface area contributed by atoms with Gasteiger partial charge in [-0.15, -0.1) is 0 Å². The predicted octanol–water partition coefficient (Wildman–Crippen LogP) is 2.97. The molecule has 0 saturated carbocycles. The van der Waals surface area contributed by atoms with E-state index in [1.807, 2.05) is 10.7 Å². The van der Waals surface area contributed by atoms with Gasteiger partial charge in [-0.05, 0) is 35.9 Å². The van der Waals surface area contributed by atoms with Crippen molar-refractivity contribution < 1.29 is 17.9 Å². The third-order valence-corrected chi connectivity index (χ3v) is 6.20. The summed E-state index contributed by atoms with van der Waals surface area (Å²) in [7, 11) is -2.27. The molecule has 0 atom stereocenters. The zero-order valence-electron chi connectivity index (χ0n) is 14.4. The van der Waals surface area contributed by atoms with Crippen LogP contribution in [-0.2, 0) is 22.1 Å². The molecule has 1 aromatic carbocycles. The predicted molar refractivity (Wildman–Crippen MR) is 99.8 cm³/mol. The smallest absolute Gasteiger partial charge is 0.222 e. The van der Waals surface area contributed by atoms with Gasteiger partial charge < -0.3 is 9.47 Å². The van der Waals surface area contributed by atoms with E-state index in [0.29, 0.717) is 29.6 Å². The standard InChI is InChI=1S/C18H16ClN3O4S/c1-25-16-3-2-13(19)9-17(16)27(23,24)11-12-8-14-15-4-5-21-22(15)6-7-26-18(14)20-10-12/h2-5,8-10H,6-7,11H2,1H3. The number of hydrogen-bond donors (Lipinski definition) is 0. The fourth-order valence-electron chi connectivity index (χ4n) is 3.03. The summed E-state index contributed by atoms with van der Waals surface area (Å²) in [6.07, 6.45) is 3.21. The minimum Gasteiger partial charge on any atom is -0.495 e. The van der Waals surface area contributed by atoms with Crippen molar-refractivity contribution in [3.63, 3.8) is 0 Å². The number of hydrogen-bond acceptors (Lipinski definition) is 6. The van der Waals surface area contributed by atoms with Crippen LogP contribution >= 0.6 is 11.6 Å². The summed E-state index contributed by atoms with van der Waals surface area (Å²) >= 11 is 5.98. The van der Waals surface area contributed by atoms with Crippen molar-refractivity contribution in [3.8, 4) is 22.9 Å². The van der Waals surface area contributed by atoms with Crippen LogP contribution in [0.4, 0.5) is 0 Å². The number of benzene rings is 1. The average Bonchev–Trinajstić information content (AvgIpc) is 3.04. The van der Waals surface area contributed by atoms with E-state index < -0.39 is 9.84 Å². The summed E-state index contributed by atoms with van der Waals surface area (Å²) in [6.45, 7) is 1.05. The van der Waals surface area contributed by atoms with E-state index in [9.17, 15) is 8.42 Å². The molecule has 0 radical (unpaired) electrons. The quantitative estimate of drug-likeness (QED) is 0.663. The number of fused-ring (bicyclic) bond motifs is 3. The minimum absolute atomic E-state index is 0.0498. The van der Waals surface area contributed by atoms with Gasteiger partial charge in [0.15, 0.2) is 9.84 Å². The van der Waals surface area contributed by atoms with Crippen LogP contribution in [0.3, 0.4) is 0 Å². The highest BCUT2D eigenvalue weighted by atomic mass is 35.5. The van der Waals surface area contributed by atoms with Crippen molar-refractivity contribution in [2.75, 3.05) is 13.7 Å². The van der Waals surface area contributed by atoms with Gasteiger partial charge in [0.25, 0.3) is 0 Å². The maximum absolute atomic E-state index is 12.9. The molecule has 0 N–H and O–H groups in total. The number of ether oxygens (including phenoxy) is 2. The lowest BCUT2D eigenvalue weighted by Crippen LogP contribution is -2.08. The Morgan fingerprint density at radius 2 is 2.15 bits per heavy atom. The van der Waals surface area contributed by atoms with Gasteiger partial charge in [0.05, 0.1) is 30.7 Å². The fraction of sp³-hybridized carbons (Fsp3) is 0.222. The molecule has 0 fully saturated rings. The van der Waals surface area contributed by atoms with Gasteiger partial charge in [0, 0.05) is 17.4 Å². The van der Waals surface area contributed by atoms with Gasteiger partial charge in [-0.25, -0.2) is 13.4 Å². The second-order valence-electron chi connectivity index (χ2n) is 6.04. The summed E-state index contributed by atoms with van der Waals surface area (Å²) in [6, 6.07) is 8.15. The molecule has 2 aromatic heterocycles. The molecule has 0 aliphatic carbocycles. The Bertz CT molecular complexity index is 1110. The van der Waals surface area contributed by atoms with E-state index in [1.165, 1.54) is 25.4 Å². The topological polar surface area (TPSA) is 83.3 Å². The molecule has 0 spiro atoms. The Hall–Kier alpha value is -2.58. The van der Waals surface area contributed by atoms with Gasteiger partial charge in [-0.2, -0.15) is 5.10 Å². The van der Waals surface area contributed by atoms with Gasteiger partial charge in [-0.1, -0.05) is 11.6 Å². The van der Waals surface area contributed by atoms with E-state index in [0.717, 1.165) is 11.3 Å².